The molecule has 128 valence electrons. The predicted molar refractivity (Wildman–Crippen MR) is 98.2 cm³/mol. The molecule has 1 aliphatic rings. The topological polar surface area (TPSA) is 73.2 Å². The van der Waals surface area contributed by atoms with Crippen LogP contribution in [0.5, 0.6) is 0 Å². The van der Waals surface area contributed by atoms with E-state index in [9.17, 15) is 9.59 Å². The van der Waals surface area contributed by atoms with E-state index in [1.165, 1.54) is 11.3 Å². The Balaban J connectivity index is 1.67. The molecule has 1 saturated heterocycles. The standard InChI is InChI=1S/C19H19N3O2S/c1-13(23)17-3-2-14(11-20)10-18(17)22-7-4-16(5-8-22)21-19(24)15-6-9-25-12-15/h2-3,6,9-10,12,16H,4-5,7-8H2,1H3,(H,21,24). The van der Waals surface area contributed by atoms with Crippen molar-refractivity contribution in [1.82, 2.24) is 5.32 Å². The number of nitrogens with zero attached hydrogens (tertiary/aromatic N) is 2. The van der Waals surface area contributed by atoms with Crippen molar-refractivity contribution in [3.63, 3.8) is 0 Å². The number of amides is 1. The van der Waals surface area contributed by atoms with Crippen LogP contribution in [0.4, 0.5) is 5.69 Å². The van der Waals surface area contributed by atoms with Gasteiger partial charge >= 0.3 is 0 Å². The third-order valence-corrected chi connectivity index (χ3v) is 5.14. The number of Topliss-reactive ketones (excluding diaryl/α,β-unsaturated/α-hetero) is 1. The first-order valence-electron chi connectivity index (χ1n) is 8.21. The molecule has 1 aliphatic heterocycles. The molecule has 0 saturated carbocycles. The monoisotopic (exact) mass is 353 g/mol. The van der Waals surface area contributed by atoms with Crippen LogP contribution in [-0.2, 0) is 0 Å². The molecular weight excluding hydrogens is 334 g/mol. The fraction of sp³-hybridized carbons (Fsp3) is 0.316. The predicted octanol–water partition coefficient (Wildman–Crippen LogP) is 3.22. The van der Waals surface area contributed by atoms with E-state index >= 15 is 0 Å². The van der Waals surface area contributed by atoms with Crippen LogP contribution in [0.25, 0.3) is 0 Å². The molecule has 1 aromatic heterocycles. The third-order valence-electron chi connectivity index (χ3n) is 4.46. The molecule has 3 rings (SSSR count). The number of carbonyl (C=O) groups excluding carboxylic acids is 2. The van der Waals surface area contributed by atoms with E-state index in [1.54, 1.807) is 25.1 Å². The smallest absolute Gasteiger partial charge is 0.252 e. The fourth-order valence-corrected chi connectivity index (χ4v) is 3.72. The zero-order valence-corrected chi connectivity index (χ0v) is 14.8. The van der Waals surface area contributed by atoms with Gasteiger partial charge in [0.25, 0.3) is 5.91 Å². The Morgan fingerprint density at radius 1 is 1.28 bits per heavy atom. The molecule has 6 heteroatoms. The van der Waals surface area contributed by atoms with Gasteiger partial charge in [-0.15, -0.1) is 0 Å². The molecular formula is C19H19N3O2S. The van der Waals surface area contributed by atoms with Gasteiger partial charge < -0.3 is 10.2 Å². The second-order valence-electron chi connectivity index (χ2n) is 6.15. The molecule has 0 spiro atoms. The van der Waals surface area contributed by atoms with Crippen LogP contribution in [0, 0.1) is 11.3 Å². The average Bonchev–Trinajstić information content (AvgIpc) is 3.16. The Labute approximate surface area is 150 Å². The number of carbonyl (C=O) groups is 2. The fourth-order valence-electron chi connectivity index (χ4n) is 3.09. The van der Waals surface area contributed by atoms with E-state index in [1.807, 2.05) is 16.8 Å². The number of anilines is 1. The molecule has 2 heterocycles. The number of hydrogen-bond donors (Lipinski definition) is 1. The lowest BCUT2D eigenvalue weighted by molar-refractivity contribution is 0.0931. The number of ketones is 1. The summed E-state index contributed by atoms with van der Waals surface area (Å²) in [5.41, 5.74) is 2.70. The van der Waals surface area contributed by atoms with Gasteiger partial charge in [0.1, 0.15) is 0 Å². The number of hydrogen-bond acceptors (Lipinski definition) is 5. The number of piperidine rings is 1. The van der Waals surface area contributed by atoms with E-state index in [2.05, 4.69) is 16.3 Å². The lowest BCUT2D eigenvalue weighted by Gasteiger charge is -2.34. The van der Waals surface area contributed by atoms with Gasteiger partial charge in [0, 0.05) is 41.3 Å². The molecule has 25 heavy (non-hydrogen) atoms. The summed E-state index contributed by atoms with van der Waals surface area (Å²) in [6.45, 7) is 3.02. The van der Waals surface area contributed by atoms with Crippen LogP contribution in [0.1, 0.15) is 46.0 Å². The van der Waals surface area contributed by atoms with Gasteiger partial charge in [-0.25, -0.2) is 0 Å². The summed E-state index contributed by atoms with van der Waals surface area (Å²) in [7, 11) is 0. The Morgan fingerprint density at radius 3 is 2.64 bits per heavy atom. The molecule has 1 aromatic carbocycles. The first-order valence-corrected chi connectivity index (χ1v) is 9.16. The van der Waals surface area contributed by atoms with Gasteiger partial charge in [-0.1, -0.05) is 0 Å². The minimum Gasteiger partial charge on any atom is -0.371 e. The summed E-state index contributed by atoms with van der Waals surface area (Å²) < 4.78 is 0. The zero-order valence-electron chi connectivity index (χ0n) is 14.0. The summed E-state index contributed by atoms with van der Waals surface area (Å²) >= 11 is 1.51. The highest BCUT2D eigenvalue weighted by Crippen LogP contribution is 2.26. The van der Waals surface area contributed by atoms with Crippen molar-refractivity contribution in [1.29, 1.82) is 5.26 Å². The van der Waals surface area contributed by atoms with Gasteiger partial charge in [-0.2, -0.15) is 16.6 Å². The van der Waals surface area contributed by atoms with Crippen LogP contribution in [-0.4, -0.2) is 30.8 Å². The van der Waals surface area contributed by atoms with Gasteiger partial charge in [-0.05, 0) is 49.4 Å². The second-order valence-corrected chi connectivity index (χ2v) is 6.93. The quantitative estimate of drug-likeness (QED) is 0.857. The first-order chi connectivity index (χ1) is 12.1. The molecule has 1 N–H and O–H groups in total. The minimum atomic E-state index is -0.0318. The maximum absolute atomic E-state index is 12.2. The Hall–Kier alpha value is -2.65. The van der Waals surface area contributed by atoms with E-state index in [4.69, 9.17) is 5.26 Å². The van der Waals surface area contributed by atoms with Crippen molar-refractivity contribution in [2.24, 2.45) is 0 Å². The molecule has 0 bridgehead atoms. The lowest BCUT2D eigenvalue weighted by Crippen LogP contribution is -2.45. The van der Waals surface area contributed by atoms with E-state index in [0.717, 1.165) is 31.6 Å². The normalized spacial score (nSPS) is 14.8. The van der Waals surface area contributed by atoms with Crippen LogP contribution in [0.3, 0.4) is 0 Å². The van der Waals surface area contributed by atoms with Crippen molar-refractivity contribution in [2.45, 2.75) is 25.8 Å². The highest BCUT2D eigenvalue weighted by atomic mass is 32.1. The van der Waals surface area contributed by atoms with Crippen molar-refractivity contribution in [3.8, 4) is 6.07 Å². The van der Waals surface area contributed by atoms with Crippen molar-refractivity contribution in [3.05, 3.63) is 51.7 Å². The van der Waals surface area contributed by atoms with Crippen LogP contribution < -0.4 is 10.2 Å². The van der Waals surface area contributed by atoms with Gasteiger partial charge in [0.15, 0.2) is 5.78 Å². The number of rotatable bonds is 4. The molecule has 1 fully saturated rings. The largest absolute Gasteiger partial charge is 0.371 e. The van der Waals surface area contributed by atoms with Crippen LogP contribution in [0.15, 0.2) is 35.0 Å². The SMILES string of the molecule is CC(=O)c1ccc(C#N)cc1N1CCC(NC(=O)c2ccsc2)CC1. The van der Waals surface area contributed by atoms with Gasteiger partial charge in [0.05, 0.1) is 11.6 Å². The molecule has 5 nitrogen and oxygen atoms in total. The Kier molecular flexibility index (Phi) is 5.15. The Morgan fingerprint density at radius 2 is 2.04 bits per heavy atom. The molecule has 0 radical (unpaired) electrons. The highest BCUT2D eigenvalue weighted by molar-refractivity contribution is 7.08. The Bertz CT molecular complexity index is 816. The number of benzene rings is 1. The van der Waals surface area contributed by atoms with Crippen molar-refractivity contribution in [2.75, 3.05) is 18.0 Å². The minimum absolute atomic E-state index is 0.00706. The number of thiophene rings is 1. The third kappa shape index (κ3) is 3.89. The van der Waals surface area contributed by atoms with E-state index in [-0.39, 0.29) is 17.7 Å². The second kappa shape index (κ2) is 7.49. The van der Waals surface area contributed by atoms with Gasteiger partial charge in [0.2, 0.25) is 0 Å². The summed E-state index contributed by atoms with van der Waals surface area (Å²) in [6, 6.07) is 9.25. The summed E-state index contributed by atoms with van der Waals surface area (Å²) in [4.78, 5) is 26.2. The summed E-state index contributed by atoms with van der Waals surface area (Å²) in [5, 5.41) is 15.9. The molecule has 0 atom stereocenters. The zero-order chi connectivity index (χ0) is 17.8. The maximum Gasteiger partial charge on any atom is 0.252 e. The molecule has 0 aliphatic carbocycles. The highest BCUT2D eigenvalue weighted by Gasteiger charge is 2.23. The maximum atomic E-state index is 12.2. The molecule has 1 amide bonds. The number of nitrogens with one attached hydrogen (secondary N) is 1. The summed E-state index contributed by atoms with van der Waals surface area (Å²) in [5.74, 6) is -0.0389. The van der Waals surface area contributed by atoms with Gasteiger partial charge in [-0.3, -0.25) is 9.59 Å². The van der Waals surface area contributed by atoms with E-state index in [0.29, 0.717) is 16.7 Å². The summed E-state index contributed by atoms with van der Waals surface area (Å²) in [6.07, 6.45) is 1.62. The average molecular weight is 353 g/mol. The van der Waals surface area contributed by atoms with Crippen molar-refractivity contribution >= 4 is 28.7 Å². The van der Waals surface area contributed by atoms with E-state index < -0.39 is 0 Å². The van der Waals surface area contributed by atoms with Crippen LogP contribution in [0.2, 0.25) is 0 Å². The number of nitriles is 1. The van der Waals surface area contributed by atoms with Crippen molar-refractivity contribution < 1.29 is 9.59 Å². The van der Waals surface area contributed by atoms with Crippen LogP contribution >= 0.6 is 11.3 Å². The first kappa shape index (κ1) is 17.2. The molecule has 0 unspecified atom stereocenters. The molecule has 2 aromatic rings. The lowest BCUT2D eigenvalue weighted by atomic mass is 10.00.